The molecule has 0 atom stereocenters. The Balaban J connectivity index is 2.56. The number of halogens is 1. The van der Waals surface area contributed by atoms with Gasteiger partial charge in [0.15, 0.2) is 0 Å². The first-order valence-corrected chi connectivity index (χ1v) is 7.11. The predicted octanol–water partition coefficient (Wildman–Crippen LogP) is 2.26. The van der Waals surface area contributed by atoms with Gasteiger partial charge in [0.2, 0.25) is 0 Å². The maximum atomic E-state index is 12.6. The summed E-state index contributed by atoms with van der Waals surface area (Å²) in [5, 5.41) is 0.980. The van der Waals surface area contributed by atoms with Crippen LogP contribution < -0.4 is 11.2 Å². The molecule has 0 saturated heterocycles. The second kappa shape index (κ2) is 5.10. The van der Waals surface area contributed by atoms with Crippen LogP contribution in [0.5, 0.6) is 0 Å². The van der Waals surface area contributed by atoms with Crippen LogP contribution in [0.15, 0.2) is 39.9 Å². The van der Waals surface area contributed by atoms with Crippen LogP contribution in [-0.2, 0) is 14.1 Å². The molecule has 0 aliphatic carbocycles. The zero-order chi connectivity index (χ0) is 16.0. The summed E-state index contributed by atoms with van der Waals surface area (Å²) < 4.78 is 2.55. The van der Waals surface area contributed by atoms with Gasteiger partial charge in [0.25, 0.3) is 5.56 Å². The van der Waals surface area contributed by atoms with E-state index in [0.29, 0.717) is 21.6 Å². The standard InChI is InChI=1S/C16H14ClN3O2/c1-9-7-12-13(15(21)20(3)16(22)19(12)2)14(18-9)10-5-4-6-11(17)8-10/h4-8H,1-3H3. The minimum Gasteiger partial charge on any atom is -0.296 e. The quantitative estimate of drug-likeness (QED) is 0.692. The Kier molecular flexibility index (Phi) is 3.37. The molecule has 0 amide bonds. The average Bonchev–Trinajstić information content (AvgIpc) is 2.50. The van der Waals surface area contributed by atoms with Gasteiger partial charge in [-0.2, -0.15) is 0 Å². The fourth-order valence-electron chi connectivity index (χ4n) is 2.56. The number of benzene rings is 1. The highest BCUT2D eigenvalue weighted by Crippen LogP contribution is 2.26. The molecule has 6 heteroatoms. The molecule has 0 radical (unpaired) electrons. The minimum absolute atomic E-state index is 0.361. The molecule has 0 bridgehead atoms. The fraction of sp³-hybridized carbons (Fsp3) is 0.188. The van der Waals surface area contributed by atoms with E-state index >= 15 is 0 Å². The SMILES string of the molecule is Cc1cc2c(c(-c3cccc(Cl)c3)n1)c(=O)n(C)c(=O)n2C. The first-order chi connectivity index (χ1) is 10.4. The van der Waals surface area contributed by atoms with Gasteiger partial charge >= 0.3 is 5.69 Å². The van der Waals surface area contributed by atoms with Crippen molar-refractivity contribution in [1.29, 1.82) is 0 Å². The maximum absolute atomic E-state index is 12.6. The zero-order valence-corrected chi connectivity index (χ0v) is 13.2. The summed E-state index contributed by atoms with van der Waals surface area (Å²) in [5.74, 6) is 0. The molecule has 3 rings (SSSR count). The summed E-state index contributed by atoms with van der Waals surface area (Å²) >= 11 is 6.05. The predicted molar refractivity (Wildman–Crippen MR) is 87.4 cm³/mol. The third-order valence-corrected chi connectivity index (χ3v) is 3.91. The molecule has 0 saturated carbocycles. The summed E-state index contributed by atoms with van der Waals surface area (Å²) in [6.45, 7) is 1.83. The minimum atomic E-state index is -0.361. The fourth-order valence-corrected chi connectivity index (χ4v) is 2.75. The summed E-state index contributed by atoms with van der Waals surface area (Å²) in [6.07, 6.45) is 0. The van der Waals surface area contributed by atoms with E-state index in [1.807, 2.05) is 13.0 Å². The van der Waals surface area contributed by atoms with Crippen LogP contribution in [0, 0.1) is 6.92 Å². The zero-order valence-electron chi connectivity index (χ0n) is 12.4. The number of hydrogen-bond acceptors (Lipinski definition) is 3. The lowest BCUT2D eigenvalue weighted by Gasteiger charge is -2.12. The van der Waals surface area contributed by atoms with Crippen LogP contribution in [0.25, 0.3) is 22.2 Å². The molecule has 0 aliphatic heterocycles. The van der Waals surface area contributed by atoms with Crippen molar-refractivity contribution in [3.05, 3.63) is 61.9 Å². The molecular formula is C16H14ClN3O2. The van der Waals surface area contributed by atoms with Gasteiger partial charge in [-0.15, -0.1) is 0 Å². The number of nitrogens with zero attached hydrogens (tertiary/aromatic N) is 3. The normalized spacial score (nSPS) is 11.1. The summed E-state index contributed by atoms with van der Waals surface area (Å²) in [4.78, 5) is 29.2. The average molecular weight is 316 g/mol. The lowest BCUT2D eigenvalue weighted by molar-refractivity contribution is 0.713. The van der Waals surface area contributed by atoms with Gasteiger partial charge in [0, 0.05) is 30.4 Å². The highest BCUT2D eigenvalue weighted by atomic mass is 35.5. The summed E-state index contributed by atoms with van der Waals surface area (Å²) in [7, 11) is 3.11. The molecule has 0 fully saturated rings. The molecule has 112 valence electrons. The van der Waals surface area contributed by atoms with Crippen molar-refractivity contribution in [1.82, 2.24) is 14.1 Å². The van der Waals surface area contributed by atoms with E-state index in [1.165, 1.54) is 11.6 Å². The van der Waals surface area contributed by atoms with Crippen molar-refractivity contribution in [2.75, 3.05) is 0 Å². The van der Waals surface area contributed by atoms with E-state index in [1.54, 1.807) is 31.3 Å². The lowest BCUT2D eigenvalue weighted by atomic mass is 10.1. The van der Waals surface area contributed by atoms with Gasteiger partial charge in [-0.25, -0.2) is 4.79 Å². The van der Waals surface area contributed by atoms with Crippen LogP contribution in [0.1, 0.15) is 5.69 Å². The molecule has 2 aromatic heterocycles. The van der Waals surface area contributed by atoms with E-state index < -0.39 is 0 Å². The van der Waals surface area contributed by atoms with Crippen LogP contribution in [-0.4, -0.2) is 14.1 Å². The van der Waals surface area contributed by atoms with Crippen LogP contribution >= 0.6 is 11.6 Å². The van der Waals surface area contributed by atoms with Gasteiger partial charge in [-0.3, -0.25) is 18.9 Å². The summed E-state index contributed by atoms with van der Waals surface area (Å²) in [5.41, 5.74) is 1.85. The second-order valence-electron chi connectivity index (χ2n) is 5.22. The monoisotopic (exact) mass is 315 g/mol. The van der Waals surface area contributed by atoms with Crippen LogP contribution in [0.4, 0.5) is 0 Å². The van der Waals surface area contributed by atoms with Gasteiger partial charge in [0.1, 0.15) is 0 Å². The Morgan fingerprint density at radius 1 is 1.09 bits per heavy atom. The number of aryl methyl sites for hydroxylation is 2. The van der Waals surface area contributed by atoms with Gasteiger partial charge in [-0.1, -0.05) is 23.7 Å². The van der Waals surface area contributed by atoms with E-state index in [0.717, 1.165) is 15.8 Å². The Morgan fingerprint density at radius 3 is 2.50 bits per heavy atom. The molecule has 0 N–H and O–H groups in total. The van der Waals surface area contributed by atoms with E-state index in [2.05, 4.69) is 4.98 Å². The molecule has 2 heterocycles. The molecule has 22 heavy (non-hydrogen) atoms. The Labute approximate surface area is 131 Å². The first-order valence-electron chi connectivity index (χ1n) is 6.73. The third kappa shape index (κ3) is 2.14. The topological polar surface area (TPSA) is 56.9 Å². The largest absolute Gasteiger partial charge is 0.330 e. The van der Waals surface area contributed by atoms with Gasteiger partial charge in [0.05, 0.1) is 16.6 Å². The molecular weight excluding hydrogens is 302 g/mol. The number of hydrogen-bond donors (Lipinski definition) is 0. The Morgan fingerprint density at radius 2 is 1.82 bits per heavy atom. The van der Waals surface area contributed by atoms with Crippen molar-refractivity contribution in [2.24, 2.45) is 14.1 Å². The molecule has 5 nitrogen and oxygen atoms in total. The Bertz CT molecular complexity index is 1020. The van der Waals surface area contributed by atoms with Crippen LogP contribution in [0.3, 0.4) is 0 Å². The van der Waals surface area contributed by atoms with Crippen LogP contribution in [0.2, 0.25) is 5.02 Å². The van der Waals surface area contributed by atoms with Crippen molar-refractivity contribution in [3.8, 4) is 11.3 Å². The van der Waals surface area contributed by atoms with Gasteiger partial charge < -0.3 is 0 Å². The highest BCUT2D eigenvalue weighted by Gasteiger charge is 2.15. The molecule has 0 spiro atoms. The Hall–Kier alpha value is -2.40. The lowest BCUT2D eigenvalue weighted by Crippen LogP contribution is -2.37. The number of aromatic nitrogens is 3. The maximum Gasteiger partial charge on any atom is 0.330 e. The van der Waals surface area contributed by atoms with E-state index in [-0.39, 0.29) is 11.2 Å². The number of rotatable bonds is 1. The van der Waals surface area contributed by atoms with Crippen molar-refractivity contribution in [3.63, 3.8) is 0 Å². The molecule has 3 aromatic rings. The van der Waals surface area contributed by atoms with Crippen molar-refractivity contribution >= 4 is 22.5 Å². The van der Waals surface area contributed by atoms with Gasteiger partial charge in [-0.05, 0) is 25.1 Å². The highest BCUT2D eigenvalue weighted by molar-refractivity contribution is 6.30. The van der Waals surface area contributed by atoms with E-state index in [9.17, 15) is 9.59 Å². The first kappa shape index (κ1) is 14.5. The van der Waals surface area contributed by atoms with E-state index in [4.69, 9.17) is 11.6 Å². The smallest absolute Gasteiger partial charge is 0.296 e. The molecule has 0 unspecified atom stereocenters. The number of pyridine rings is 1. The second-order valence-corrected chi connectivity index (χ2v) is 5.66. The number of fused-ring (bicyclic) bond motifs is 1. The van der Waals surface area contributed by atoms with Crippen molar-refractivity contribution in [2.45, 2.75) is 6.92 Å². The molecule has 0 aliphatic rings. The summed E-state index contributed by atoms with van der Waals surface area (Å²) in [6, 6.07) is 8.91. The van der Waals surface area contributed by atoms with Crippen molar-refractivity contribution < 1.29 is 0 Å². The third-order valence-electron chi connectivity index (χ3n) is 3.68. The molecule has 1 aromatic carbocycles.